The average Bonchev–Trinajstić information content (AvgIpc) is 3.02. The second kappa shape index (κ2) is 6.88. The van der Waals surface area contributed by atoms with E-state index in [-0.39, 0.29) is 23.6 Å². The second-order valence-electron chi connectivity index (χ2n) is 8.35. The van der Waals surface area contributed by atoms with Crippen molar-refractivity contribution < 1.29 is 24.2 Å². The quantitative estimate of drug-likeness (QED) is 0.813. The zero-order valence-electron chi connectivity index (χ0n) is 15.4. The number of hydrogen-bond acceptors (Lipinski definition) is 5. The molecule has 26 heavy (non-hydrogen) atoms. The molecular formula is C18H29N3O5. The maximum Gasteiger partial charge on any atom is 0.410 e. The van der Waals surface area contributed by atoms with E-state index in [0.717, 1.165) is 45.2 Å². The van der Waals surface area contributed by atoms with E-state index in [1.807, 2.05) is 4.90 Å². The van der Waals surface area contributed by atoms with Gasteiger partial charge in [-0.25, -0.2) is 9.59 Å². The molecule has 0 aromatic rings. The lowest BCUT2D eigenvalue weighted by molar-refractivity contribution is -0.0826. The Labute approximate surface area is 154 Å². The Morgan fingerprint density at radius 3 is 2.35 bits per heavy atom. The van der Waals surface area contributed by atoms with Crippen molar-refractivity contribution in [3.8, 4) is 0 Å². The van der Waals surface area contributed by atoms with Crippen molar-refractivity contribution in [2.75, 3.05) is 46.5 Å². The van der Waals surface area contributed by atoms with E-state index in [0.29, 0.717) is 32.3 Å². The van der Waals surface area contributed by atoms with Gasteiger partial charge >= 0.3 is 12.2 Å². The summed E-state index contributed by atoms with van der Waals surface area (Å²) in [5.74, 6) is 0. The van der Waals surface area contributed by atoms with Crippen LogP contribution >= 0.6 is 0 Å². The van der Waals surface area contributed by atoms with Crippen molar-refractivity contribution >= 4 is 12.2 Å². The van der Waals surface area contributed by atoms with E-state index in [1.54, 1.807) is 4.90 Å². The maximum atomic E-state index is 12.2. The Hall–Kier alpha value is -1.54. The van der Waals surface area contributed by atoms with Gasteiger partial charge in [-0.1, -0.05) is 0 Å². The van der Waals surface area contributed by atoms with Gasteiger partial charge in [0.25, 0.3) is 0 Å². The molecule has 1 aliphatic carbocycles. The van der Waals surface area contributed by atoms with Gasteiger partial charge in [0.1, 0.15) is 0 Å². The Morgan fingerprint density at radius 2 is 1.85 bits per heavy atom. The fraction of sp³-hybridized carbons (Fsp3) is 0.889. The molecule has 4 aliphatic rings. The molecule has 3 saturated heterocycles. The molecule has 0 unspecified atom stereocenters. The highest BCUT2D eigenvalue weighted by Crippen LogP contribution is 2.50. The van der Waals surface area contributed by atoms with Crippen molar-refractivity contribution in [1.82, 2.24) is 14.7 Å². The van der Waals surface area contributed by atoms with E-state index >= 15 is 0 Å². The predicted molar refractivity (Wildman–Crippen MR) is 93.1 cm³/mol. The lowest BCUT2D eigenvalue weighted by Crippen LogP contribution is -2.60. The molecule has 0 bridgehead atoms. The van der Waals surface area contributed by atoms with Crippen molar-refractivity contribution in [1.29, 1.82) is 0 Å². The van der Waals surface area contributed by atoms with Crippen molar-refractivity contribution in [3.63, 3.8) is 0 Å². The van der Waals surface area contributed by atoms with Crippen LogP contribution in [0.1, 0.15) is 32.1 Å². The normalized spacial score (nSPS) is 33.0. The Balaban J connectivity index is 1.27. The molecule has 1 saturated carbocycles. The lowest BCUT2D eigenvalue weighted by Gasteiger charge is -2.52. The van der Waals surface area contributed by atoms with Crippen LogP contribution in [0, 0.1) is 5.41 Å². The van der Waals surface area contributed by atoms with Gasteiger partial charge in [-0.3, -0.25) is 4.90 Å². The number of rotatable bonds is 3. The third-order valence-electron chi connectivity index (χ3n) is 6.85. The molecule has 8 heteroatoms. The number of piperidine rings is 1. The average molecular weight is 367 g/mol. The number of methoxy groups -OCH3 is 1. The van der Waals surface area contributed by atoms with Gasteiger partial charge < -0.3 is 24.4 Å². The van der Waals surface area contributed by atoms with Crippen LogP contribution in [0.15, 0.2) is 0 Å². The molecule has 146 valence electrons. The molecular weight excluding hydrogens is 338 g/mol. The van der Waals surface area contributed by atoms with Gasteiger partial charge in [0.2, 0.25) is 0 Å². The smallest absolute Gasteiger partial charge is 0.410 e. The van der Waals surface area contributed by atoms with Crippen molar-refractivity contribution in [3.05, 3.63) is 0 Å². The zero-order chi connectivity index (χ0) is 18.3. The Morgan fingerprint density at radius 1 is 1.15 bits per heavy atom. The van der Waals surface area contributed by atoms with Crippen LogP contribution in [0.4, 0.5) is 9.59 Å². The van der Waals surface area contributed by atoms with Gasteiger partial charge in [-0.2, -0.15) is 0 Å². The summed E-state index contributed by atoms with van der Waals surface area (Å²) in [6.45, 7) is 4.60. The first kappa shape index (κ1) is 17.9. The highest BCUT2D eigenvalue weighted by molar-refractivity contribution is 5.68. The summed E-state index contributed by atoms with van der Waals surface area (Å²) in [5.41, 5.74) is 0.223. The number of amides is 2. The molecule has 4 fully saturated rings. The van der Waals surface area contributed by atoms with Gasteiger partial charge in [-0.15, -0.1) is 0 Å². The van der Waals surface area contributed by atoms with Crippen LogP contribution < -0.4 is 0 Å². The Bertz CT molecular complexity index is 553. The number of carbonyl (C=O) groups excluding carboxylic acids is 1. The van der Waals surface area contributed by atoms with Gasteiger partial charge in [0.15, 0.2) is 0 Å². The fourth-order valence-corrected chi connectivity index (χ4v) is 5.24. The van der Waals surface area contributed by atoms with E-state index in [4.69, 9.17) is 14.6 Å². The minimum absolute atomic E-state index is 0.159. The number of carboxylic acid groups (broad SMARTS) is 1. The minimum atomic E-state index is -0.783. The number of nitrogens with zero attached hydrogens (tertiary/aromatic N) is 3. The molecule has 8 nitrogen and oxygen atoms in total. The second-order valence-corrected chi connectivity index (χ2v) is 8.35. The van der Waals surface area contributed by atoms with Crippen LogP contribution in [0.5, 0.6) is 0 Å². The fourth-order valence-electron chi connectivity index (χ4n) is 5.24. The number of likely N-dealkylation sites (tertiary alicyclic amines) is 2. The largest absolute Gasteiger partial charge is 0.465 e. The van der Waals surface area contributed by atoms with Gasteiger partial charge in [0, 0.05) is 38.3 Å². The molecule has 3 heterocycles. The zero-order valence-corrected chi connectivity index (χ0v) is 15.4. The lowest BCUT2D eigenvalue weighted by atomic mass is 9.64. The molecule has 1 N–H and O–H groups in total. The van der Waals surface area contributed by atoms with E-state index in [1.165, 1.54) is 7.11 Å². The van der Waals surface area contributed by atoms with Gasteiger partial charge in [-0.05, 0) is 37.5 Å². The van der Waals surface area contributed by atoms with E-state index < -0.39 is 6.09 Å². The third kappa shape index (κ3) is 3.13. The first-order valence-electron chi connectivity index (χ1n) is 9.67. The van der Waals surface area contributed by atoms with Gasteiger partial charge in [0.05, 0.1) is 26.4 Å². The van der Waals surface area contributed by atoms with E-state index in [9.17, 15) is 9.59 Å². The monoisotopic (exact) mass is 367 g/mol. The van der Waals surface area contributed by atoms with Crippen LogP contribution in [-0.4, -0.2) is 96.6 Å². The summed E-state index contributed by atoms with van der Waals surface area (Å²) in [5, 5.41) is 9.16. The molecule has 4 rings (SSSR count). The summed E-state index contributed by atoms with van der Waals surface area (Å²) in [4.78, 5) is 29.3. The molecule has 2 amide bonds. The Kier molecular flexibility index (Phi) is 4.73. The minimum Gasteiger partial charge on any atom is -0.465 e. The third-order valence-corrected chi connectivity index (χ3v) is 6.85. The number of carbonyl (C=O) groups is 2. The van der Waals surface area contributed by atoms with Crippen LogP contribution in [0.25, 0.3) is 0 Å². The molecule has 0 aromatic carbocycles. The topological polar surface area (TPSA) is 82.6 Å². The first-order valence-corrected chi connectivity index (χ1v) is 9.67. The summed E-state index contributed by atoms with van der Waals surface area (Å²) < 4.78 is 10.2. The predicted octanol–water partition coefficient (Wildman–Crippen LogP) is 1.45. The highest BCUT2D eigenvalue weighted by atomic mass is 16.5. The van der Waals surface area contributed by atoms with Crippen molar-refractivity contribution in [2.45, 2.75) is 50.2 Å². The summed E-state index contributed by atoms with van der Waals surface area (Å²) in [6, 6.07) is 0.963. The standard InChI is InChI=1S/C18H29N3O5/c1-25-17(24)21(15-10-26-11-15)13-2-5-19(6-3-13)14-8-18(9-14)4-7-20(12-18)16(22)23/h13-15H,2-12H2,1H3,(H,22,23). The summed E-state index contributed by atoms with van der Waals surface area (Å²) in [7, 11) is 1.44. The SMILES string of the molecule is COC(=O)N(C1CCN(C2CC3(CCN(C(=O)O)C3)C2)CC1)C1COC1. The van der Waals surface area contributed by atoms with Crippen LogP contribution in [0.3, 0.4) is 0 Å². The molecule has 0 atom stereocenters. The number of ether oxygens (including phenoxy) is 2. The van der Waals surface area contributed by atoms with E-state index in [2.05, 4.69) is 4.90 Å². The summed E-state index contributed by atoms with van der Waals surface area (Å²) in [6.07, 6.45) is 4.14. The first-order chi connectivity index (χ1) is 12.5. The number of hydrogen-bond donors (Lipinski definition) is 1. The highest BCUT2D eigenvalue weighted by Gasteiger charge is 2.51. The van der Waals surface area contributed by atoms with Crippen LogP contribution in [0.2, 0.25) is 0 Å². The summed E-state index contributed by atoms with van der Waals surface area (Å²) >= 11 is 0. The molecule has 3 aliphatic heterocycles. The van der Waals surface area contributed by atoms with Crippen LogP contribution in [-0.2, 0) is 9.47 Å². The molecule has 0 radical (unpaired) electrons. The molecule has 1 spiro atoms. The molecule has 0 aromatic heterocycles. The maximum absolute atomic E-state index is 12.2. The van der Waals surface area contributed by atoms with Crippen molar-refractivity contribution in [2.24, 2.45) is 5.41 Å².